The lowest BCUT2D eigenvalue weighted by Gasteiger charge is -2.16. The van der Waals surface area contributed by atoms with Gasteiger partial charge in [0.05, 0.1) is 11.6 Å². The summed E-state index contributed by atoms with van der Waals surface area (Å²) in [5, 5.41) is 12.2. The topological polar surface area (TPSA) is 81.8 Å². The normalized spacial score (nSPS) is 12.7. The number of aromatic nitrogens is 4. The molecule has 1 N–H and O–H groups in total. The lowest BCUT2D eigenvalue weighted by Crippen LogP contribution is -2.34. The summed E-state index contributed by atoms with van der Waals surface area (Å²) in [6, 6.07) is 7.44. The summed E-state index contributed by atoms with van der Waals surface area (Å²) in [6.07, 6.45) is -4.46. The van der Waals surface area contributed by atoms with Gasteiger partial charge in [-0.3, -0.25) is 4.79 Å². The molecule has 2 aromatic heterocycles. The standard InChI is InChI=1S/C16H14F3N5O2S/c1-10(11-4-2-5-12(8-11)16(17,18)19)20-13(25)9-23-15(26)24(22-21-23)14-6-3-7-27-14/h2-8,10H,9H2,1H3,(H,20,25). The van der Waals surface area contributed by atoms with E-state index in [2.05, 4.69) is 15.7 Å². The molecular weight excluding hydrogens is 383 g/mol. The van der Waals surface area contributed by atoms with E-state index in [-0.39, 0.29) is 0 Å². The number of halogens is 3. The fraction of sp³-hybridized carbons (Fsp3) is 0.250. The van der Waals surface area contributed by atoms with Crippen LogP contribution in [0.15, 0.2) is 46.6 Å². The first-order chi connectivity index (χ1) is 12.8. The van der Waals surface area contributed by atoms with Crippen molar-refractivity contribution >= 4 is 17.2 Å². The van der Waals surface area contributed by atoms with Crippen LogP contribution < -0.4 is 11.0 Å². The van der Waals surface area contributed by atoms with Crippen molar-refractivity contribution in [3.8, 4) is 5.00 Å². The zero-order chi connectivity index (χ0) is 19.6. The zero-order valence-corrected chi connectivity index (χ0v) is 14.8. The molecule has 1 atom stereocenters. The molecule has 0 aliphatic heterocycles. The second-order valence-electron chi connectivity index (χ2n) is 5.69. The van der Waals surface area contributed by atoms with Crippen LogP contribution in [-0.2, 0) is 17.5 Å². The van der Waals surface area contributed by atoms with Crippen LogP contribution in [0, 0.1) is 0 Å². The molecule has 0 aliphatic rings. The molecule has 0 saturated heterocycles. The number of alkyl halides is 3. The molecule has 0 bridgehead atoms. The fourth-order valence-electron chi connectivity index (χ4n) is 2.39. The van der Waals surface area contributed by atoms with Crippen LogP contribution in [0.2, 0.25) is 0 Å². The molecule has 1 aromatic carbocycles. The van der Waals surface area contributed by atoms with Crippen LogP contribution in [0.3, 0.4) is 0 Å². The molecule has 1 amide bonds. The van der Waals surface area contributed by atoms with E-state index in [0.29, 0.717) is 10.6 Å². The van der Waals surface area contributed by atoms with Crippen molar-refractivity contribution in [3.05, 3.63) is 63.4 Å². The molecule has 0 fully saturated rings. The highest BCUT2D eigenvalue weighted by atomic mass is 32.1. The van der Waals surface area contributed by atoms with Gasteiger partial charge in [0.25, 0.3) is 0 Å². The van der Waals surface area contributed by atoms with E-state index in [1.807, 2.05) is 0 Å². The number of hydrogen-bond acceptors (Lipinski definition) is 5. The zero-order valence-electron chi connectivity index (χ0n) is 14.0. The van der Waals surface area contributed by atoms with Crippen molar-refractivity contribution in [1.82, 2.24) is 25.1 Å². The maximum atomic E-state index is 12.8. The minimum absolute atomic E-state index is 0.299. The van der Waals surface area contributed by atoms with Gasteiger partial charge < -0.3 is 5.32 Å². The van der Waals surface area contributed by atoms with Crippen molar-refractivity contribution in [2.24, 2.45) is 0 Å². The predicted octanol–water partition coefficient (Wildman–Crippen LogP) is 2.39. The summed E-state index contributed by atoms with van der Waals surface area (Å²) in [7, 11) is 0. The maximum absolute atomic E-state index is 12.8. The number of tetrazole rings is 1. The molecule has 0 spiro atoms. The third-order valence-corrected chi connectivity index (χ3v) is 4.58. The van der Waals surface area contributed by atoms with Crippen molar-refractivity contribution < 1.29 is 18.0 Å². The van der Waals surface area contributed by atoms with Crippen LogP contribution in [0.25, 0.3) is 5.00 Å². The Balaban J connectivity index is 1.69. The van der Waals surface area contributed by atoms with E-state index < -0.39 is 35.9 Å². The summed E-state index contributed by atoms with van der Waals surface area (Å²) < 4.78 is 40.4. The van der Waals surface area contributed by atoms with E-state index in [1.54, 1.807) is 24.4 Å². The molecule has 0 radical (unpaired) electrons. The number of nitrogens with one attached hydrogen (secondary N) is 1. The molecule has 0 saturated carbocycles. The second-order valence-corrected chi connectivity index (χ2v) is 6.62. The molecule has 142 valence electrons. The minimum atomic E-state index is -4.46. The Morgan fingerprint density at radius 3 is 2.70 bits per heavy atom. The van der Waals surface area contributed by atoms with Crippen LogP contribution in [-0.4, -0.2) is 25.7 Å². The Hall–Kier alpha value is -2.95. The molecule has 3 rings (SSSR count). The van der Waals surface area contributed by atoms with Crippen LogP contribution in [0.4, 0.5) is 13.2 Å². The fourth-order valence-corrected chi connectivity index (χ4v) is 3.06. The van der Waals surface area contributed by atoms with E-state index in [4.69, 9.17) is 0 Å². The number of hydrogen-bond donors (Lipinski definition) is 1. The molecule has 11 heteroatoms. The molecular formula is C16H14F3N5O2S. The van der Waals surface area contributed by atoms with E-state index >= 15 is 0 Å². The highest BCUT2D eigenvalue weighted by Crippen LogP contribution is 2.30. The van der Waals surface area contributed by atoms with Gasteiger partial charge in [-0.2, -0.15) is 22.5 Å². The average molecular weight is 397 g/mol. The maximum Gasteiger partial charge on any atom is 0.416 e. The number of amides is 1. The first kappa shape index (κ1) is 18.8. The Kier molecular flexibility index (Phi) is 5.13. The van der Waals surface area contributed by atoms with Gasteiger partial charge in [-0.1, -0.05) is 12.1 Å². The third kappa shape index (κ3) is 4.25. The smallest absolute Gasteiger partial charge is 0.348 e. The highest BCUT2D eigenvalue weighted by molar-refractivity contribution is 7.12. The third-order valence-electron chi connectivity index (χ3n) is 3.74. The van der Waals surface area contributed by atoms with Gasteiger partial charge >= 0.3 is 11.9 Å². The van der Waals surface area contributed by atoms with Crippen molar-refractivity contribution in [2.45, 2.75) is 25.7 Å². The highest BCUT2D eigenvalue weighted by Gasteiger charge is 2.30. The van der Waals surface area contributed by atoms with Gasteiger partial charge in [0.15, 0.2) is 0 Å². The van der Waals surface area contributed by atoms with Crippen LogP contribution in [0.5, 0.6) is 0 Å². The Labute approximate surface area is 155 Å². The average Bonchev–Trinajstić information content (AvgIpc) is 3.25. The number of carbonyl (C=O) groups is 1. The van der Waals surface area contributed by atoms with Crippen molar-refractivity contribution in [1.29, 1.82) is 0 Å². The minimum Gasteiger partial charge on any atom is -0.348 e. The SMILES string of the molecule is CC(NC(=O)Cn1nnn(-c2cccs2)c1=O)c1cccc(C(F)(F)F)c1. The first-order valence-corrected chi connectivity index (χ1v) is 8.67. The molecule has 0 aliphatic carbocycles. The van der Waals surface area contributed by atoms with E-state index in [0.717, 1.165) is 21.5 Å². The second kappa shape index (κ2) is 7.35. The predicted molar refractivity (Wildman–Crippen MR) is 91.5 cm³/mol. The largest absolute Gasteiger partial charge is 0.416 e. The first-order valence-electron chi connectivity index (χ1n) is 7.79. The summed E-state index contributed by atoms with van der Waals surface area (Å²) in [4.78, 5) is 24.4. The van der Waals surface area contributed by atoms with Gasteiger partial charge in [-0.15, -0.1) is 11.3 Å². The molecule has 1 unspecified atom stereocenters. The van der Waals surface area contributed by atoms with Crippen molar-refractivity contribution in [3.63, 3.8) is 0 Å². The van der Waals surface area contributed by atoms with Crippen LogP contribution in [0.1, 0.15) is 24.1 Å². The van der Waals surface area contributed by atoms with Gasteiger partial charge in [0, 0.05) is 0 Å². The Morgan fingerprint density at radius 1 is 1.26 bits per heavy atom. The summed E-state index contributed by atoms with van der Waals surface area (Å²) in [5.74, 6) is -0.569. The summed E-state index contributed by atoms with van der Waals surface area (Å²) in [5.41, 5.74) is -1.08. The summed E-state index contributed by atoms with van der Waals surface area (Å²) >= 11 is 1.29. The van der Waals surface area contributed by atoms with Gasteiger partial charge in [0.2, 0.25) is 5.91 Å². The number of nitrogens with zero attached hydrogens (tertiary/aromatic N) is 4. The lowest BCUT2D eigenvalue weighted by atomic mass is 10.0. The molecule has 2 heterocycles. The number of rotatable bonds is 5. The van der Waals surface area contributed by atoms with Gasteiger partial charge in [-0.25, -0.2) is 4.79 Å². The number of carbonyl (C=O) groups excluding carboxylic acids is 1. The number of benzene rings is 1. The summed E-state index contributed by atoms with van der Waals surface area (Å²) in [6.45, 7) is 1.16. The molecule has 3 aromatic rings. The lowest BCUT2D eigenvalue weighted by molar-refractivity contribution is -0.137. The molecule has 27 heavy (non-hydrogen) atoms. The number of thiophene rings is 1. The Bertz CT molecular complexity index is 994. The van der Waals surface area contributed by atoms with Crippen molar-refractivity contribution in [2.75, 3.05) is 0 Å². The Morgan fingerprint density at radius 2 is 2.04 bits per heavy atom. The quantitative estimate of drug-likeness (QED) is 0.717. The monoisotopic (exact) mass is 397 g/mol. The van der Waals surface area contributed by atoms with E-state index in [9.17, 15) is 22.8 Å². The van der Waals surface area contributed by atoms with E-state index in [1.165, 1.54) is 23.5 Å². The van der Waals surface area contributed by atoms with Crippen LogP contribution >= 0.6 is 11.3 Å². The molecule has 7 nitrogen and oxygen atoms in total. The van der Waals surface area contributed by atoms with Gasteiger partial charge in [-0.05, 0) is 52.6 Å². The van der Waals surface area contributed by atoms with Gasteiger partial charge in [0.1, 0.15) is 11.5 Å².